The largest absolute Gasteiger partial charge is 0.444 e. The fraction of sp³-hybridized carbons (Fsp3) is 0.0909. The van der Waals surface area contributed by atoms with E-state index in [0.29, 0.717) is 21.8 Å². The fourth-order valence-corrected chi connectivity index (χ4v) is 2.71. The number of carbonyl (C=O) groups excluding carboxylic acids is 2. The minimum Gasteiger partial charge on any atom is -0.444 e. The van der Waals surface area contributed by atoms with Gasteiger partial charge in [0, 0.05) is 16.3 Å². The van der Waals surface area contributed by atoms with Crippen LogP contribution in [0.2, 0.25) is 5.02 Å². The third-order valence-electron chi connectivity index (χ3n) is 4.01. The van der Waals surface area contributed by atoms with E-state index in [4.69, 9.17) is 16.3 Å². The van der Waals surface area contributed by atoms with Gasteiger partial charge in [-0.25, -0.2) is 4.79 Å². The molecular weight excluding hydrogens is 362 g/mol. The predicted molar refractivity (Wildman–Crippen MR) is 106 cm³/mol. The number of nitrogens with one attached hydrogen (secondary N) is 1. The maximum atomic E-state index is 12.8. The zero-order valence-corrected chi connectivity index (χ0v) is 15.4. The van der Waals surface area contributed by atoms with Crippen LogP contribution in [0.1, 0.15) is 27.6 Å². The fourth-order valence-electron chi connectivity index (χ4n) is 2.53. The number of rotatable bonds is 5. The molecule has 1 amide bonds. The summed E-state index contributed by atoms with van der Waals surface area (Å²) in [6.45, 7) is 1.88. The van der Waals surface area contributed by atoms with E-state index < -0.39 is 18.0 Å². The molecule has 0 aromatic heterocycles. The predicted octanol–water partition coefficient (Wildman–Crippen LogP) is 5.19. The summed E-state index contributed by atoms with van der Waals surface area (Å²) >= 11 is 6.12. The Balaban J connectivity index is 1.84. The highest BCUT2D eigenvalue weighted by atomic mass is 35.5. The monoisotopic (exact) mass is 379 g/mol. The van der Waals surface area contributed by atoms with E-state index in [0.717, 1.165) is 5.56 Å². The van der Waals surface area contributed by atoms with Gasteiger partial charge in [0.2, 0.25) is 6.10 Å². The number of ether oxygens (including phenoxy) is 1. The van der Waals surface area contributed by atoms with Crippen molar-refractivity contribution in [2.45, 2.75) is 13.0 Å². The molecule has 3 rings (SSSR count). The van der Waals surface area contributed by atoms with Gasteiger partial charge in [0.05, 0.1) is 5.56 Å². The standard InChI is InChI=1S/C22H18ClNO3/c1-15-12-13-18(14-19(15)23)24-21(25)20(16-8-4-2-5-9-16)27-22(26)17-10-6-3-7-11-17/h2-14,20H,1H3,(H,24,25). The van der Waals surface area contributed by atoms with Crippen LogP contribution in [0.5, 0.6) is 0 Å². The Morgan fingerprint density at radius 3 is 2.19 bits per heavy atom. The van der Waals surface area contributed by atoms with Crippen molar-refractivity contribution in [3.63, 3.8) is 0 Å². The van der Waals surface area contributed by atoms with E-state index >= 15 is 0 Å². The maximum absolute atomic E-state index is 12.8. The first-order chi connectivity index (χ1) is 13.0. The van der Waals surface area contributed by atoms with Crippen LogP contribution in [0.3, 0.4) is 0 Å². The summed E-state index contributed by atoms with van der Waals surface area (Å²) in [5.74, 6) is -1.02. The molecule has 0 saturated heterocycles. The van der Waals surface area contributed by atoms with Crippen molar-refractivity contribution in [2.75, 3.05) is 5.32 Å². The second kappa shape index (κ2) is 8.52. The molecule has 0 bridgehead atoms. The Kier molecular flexibility index (Phi) is 5.89. The molecule has 0 aliphatic heterocycles. The van der Waals surface area contributed by atoms with Crippen molar-refractivity contribution in [1.82, 2.24) is 0 Å². The lowest BCUT2D eigenvalue weighted by molar-refractivity contribution is -0.125. The number of benzene rings is 3. The first-order valence-electron chi connectivity index (χ1n) is 8.42. The zero-order chi connectivity index (χ0) is 19.2. The van der Waals surface area contributed by atoms with E-state index in [1.54, 1.807) is 66.7 Å². The highest BCUT2D eigenvalue weighted by Crippen LogP contribution is 2.24. The molecular formula is C22H18ClNO3. The molecule has 0 aliphatic carbocycles. The second-order valence-corrected chi connectivity index (χ2v) is 6.42. The maximum Gasteiger partial charge on any atom is 0.339 e. The van der Waals surface area contributed by atoms with Gasteiger partial charge < -0.3 is 10.1 Å². The first-order valence-corrected chi connectivity index (χ1v) is 8.80. The minimum absolute atomic E-state index is 0.379. The van der Waals surface area contributed by atoms with Crippen molar-refractivity contribution in [1.29, 1.82) is 0 Å². The summed E-state index contributed by atoms with van der Waals surface area (Å²) in [6.07, 6.45) is -1.08. The van der Waals surface area contributed by atoms with Crippen LogP contribution in [-0.4, -0.2) is 11.9 Å². The normalized spacial score (nSPS) is 11.5. The van der Waals surface area contributed by atoms with Crippen molar-refractivity contribution >= 4 is 29.2 Å². The summed E-state index contributed by atoms with van der Waals surface area (Å²) in [4.78, 5) is 25.3. The molecule has 3 aromatic rings. The Bertz CT molecular complexity index is 942. The van der Waals surface area contributed by atoms with E-state index in [9.17, 15) is 9.59 Å². The highest BCUT2D eigenvalue weighted by molar-refractivity contribution is 6.31. The van der Waals surface area contributed by atoms with Gasteiger partial charge in [-0.1, -0.05) is 66.2 Å². The molecule has 0 heterocycles. The minimum atomic E-state index is -1.08. The molecule has 0 radical (unpaired) electrons. The quantitative estimate of drug-likeness (QED) is 0.621. The Morgan fingerprint density at radius 2 is 1.56 bits per heavy atom. The molecule has 1 atom stereocenters. The smallest absolute Gasteiger partial charge is 0.339 e. The van der Waals surface area contributed by atoms with Gasteiger partial charge in [-0.05, 0) is 36.8 Å². The number of amides is 1. The molecule has 0 saturated carbocycles. The second-order valence-electron chi connectivity index (χ2n) is 6.02. The Hall–Kier alpha value is -3.11. The first kappa shape index (κ1) is 18.7. The molecule has 3 aromatic carbocycles. The molecule has 136 valence electrons. The van der Waals surface area contributed by atoms with Crippen LogP contribution in [0.4, 0.5) is 5.69 Å². The van der Waals surface area contributed by atoms with Crippen LogP contribution in [0.25, 0.3) is 0 Å². The number of anilines is 1. The number of hydrogen-bond donors (Lipinski definition) is 1. The third-order valence-corrected chi connectivity index (χ3v) is 4.42. The molecule has 0 aliphatic rings. The van der Waals surface area contributed by atoms with Crippen molar-refractivity contribution in [3.05, 3.63) is 101 Å². The van der Waals surface area contributed by atoms with Gasteiger partial charge in [0.15, 0.2) is 0 Å². The van der Waals surface area contributed by atoms with Crippen molar-refractivity contribution < 1.29 is 14.3 Å². The Morgan fingerprint density at radius 1 is 0.926 bits per heavy atom. The lowest BCUT2D eigenvalue weighted by Gasteiger charge is -2.18. The van der Waals surface area contributed by atoms with Gasteiger partial charge in [0.25, 0.3) is 5.91 Å². The van der Waals surface area contributed by atoms with Crippen LogP contribution >= 0.6 is 11.6 Å². The SMILES string of the molecule is Cc1ccc(NC(=O)C(OC(=O)c2ccccc2)c2ccccc2)cc1Cl. The van der Waals surface area contributed by atoms with E-state index in [2.05, 4.69) is 5.32 Å². The molecule has 0 fully saturated rings. The van der Waals surface area contributed by atoms with Gasteiger partial charge in [-0.3, -0.25) is 4.79 Å². The van der Waals surface area contributed by atoms with Crippen LogP contribution < -0.4 is 5.32 Å². The molecule has 4 nitrogen and oxygen atoms in total. The molecule has 5 heteroatoms. The number of aryl methyl sites for hydroxylation is 1. The number of carbonyl (C=O) groups is 2. The van der Waals surface area contributed by atoms with Crippen molar-refractivity contribution in [2.24, 2.45) is 0 Å². The topological polar surface area (TPSA) is 55.4 Å². The number of esters is 1. The van der Waals surface area contributed by atoms with Gasteiger partial charge in [-0.2, -0.15) is 0 Å². The summed E-state index contributed by atoms with van der Waals surface area (Å²) in [7, 11) is 0. The summed E-state index contributed by atoms with van der Waals surface area (Å²) < 4.78 is 5.53. The van der Waals surface area contributed by atoms with Gasteiger partial charge in [0.1, 0.15) is 0 Å². The van der Waals surface area contributed by atoms with Gasteiger partial charge >= 0.3 is 5.97 Å². The third kappa shape index (κ3) is 4.74. The van der Waals surface area contributed by atoms with Crippen LogP contribution in [0, 0.1) is 6.92 Å². The molecule has 0 spiro atoms. The van der Waals surface area contributed by atoms with E-state index in [-0.39, 0.29) is 0 Å². The zero-order valence-electron chi connectivity index (χ0n) is 14.7. The Labute approximate surface area is 162 Å². The summed E-state index contributed by atoms with van der Waals surface area (Å²) in [6, 6.07) is 22.7. The molecule has 1 unspecified atom stereocenters. The highest BCUT2D eigenvalue weighted by Gasteiger charge is 2.25. The molecule has 1 N–H and O–H groups in total. The van der Waals surface area contributed by atoms with Crippen molar-refractivity contribution in [3.8, 4) is 0 Å². The molecule has 27 heavy (non-hydrogen) atoms. The van der Waals surface area contributed by atoms with Gasteiger partial charge in [-0.15, -0.1) is 0 Å². The van der Waals surface area contributed by atoms with Crippen LogP contribution in [-0.2, 0) is 9.53 Å². The average molecular weight is 380 g/mol. The summed E-state index contributed by atoms with van der Waals surface area (Å²) in [5, 5.41) is 3.31. The lowest BCUT2D eigenvalue weighted by atomic mass is 10.1. The lowest BCUT2D eigenvalue weighted by Crippen LogP contribution is -2.26. The van der Waals surface area contributed by atoms with E-state index in [1.165, 1.54) is 0 Å². The number of hydrogen-bond acceptors (Lipinski definition) is 3. The average Bonchev–Trinajstić information content (AvgIpc) is 2.70. The van der Waals surface area contributed by atoms with Crippen LogP contribution in [0.15, 0.2) is 78.9 Å². The summed E-state index contributed by atoms with van der Waals surface area (Å²) in [5.41, 5.74) is 2.40. The van der Waals surface area contributed by atoms with E-state index in [1.807, 2.05) is 19.1 Å². The number of halogens is 1.